The Morgan fingerprint density at radius 1 is 0.533 bits per heavy atom. The molecule has 6 aromatic rings. The fraction of sp³-hybridized carbons (Fsp3) is 0.516. The molecule has 0 aliphatic carbocycles. The van der Waals surface area contributed by atoms with E-state index in [1.807, 2.05) is 13.8 Å². The second kappa shape index (κ2) is 51.9. The molecule has 3 aromatic heterocycles. The number of aromatic nitrogens is 4. The number of hydrogen-bond acceptors (Lipinski definition) is 21. The average molecular weight is 1890 g/mol. The molecule has 8 rings (SSSR count). The van der Waals surface area contributed by atoms with E-state index in [4.69, 9.17) is 22.6 Å². The van der Waals surface area contributed by atoms with Crippen LogP contribution < -0.4 is 75.7 Å². The van der Waals surface area contributed by atoms with Gasteiger partial charge in [0.2, 0.25) is 100 Å². The first-order valence-electron chi connectivity index (χ1n) is 45.2. The molecule has 732 valence electrons. The molecule has 0 unspecified atom stereocenters. The fourth-order valence-corrected chi connectivity index (χ4v) is 17.0. The van der Waals surface area contributed by atoms with Crippen LogP contribution in [-0.4, -0.2) is 306 Å². The molecule has 2 saturated heterocycles. The monoisotopic (exact) mass is 1890 g/mol. The van der Waals surface area contributed by atoms with Crippen molar-refractivity contribution in [2.24, 2.45) is 23.1 Å². The Hall–Kier alpha value is -14.0. The number of guanidine groups is 1. The number of hydrogen-bond donors (Lipinski definition) is 19. The van der Waals surface area contributed by atoms with E-state index in [1.165, 1.54) is 47.6 Å². The van der Waals surface area contributed by atoms with Gasteiger partial charge in [0.15, 0.2) is 5.96 Å². The van der Waals surface area contributed by atoms with Gasteiger partial charge in [-0.3, -0.25) is 91.7 Å². The van der Waals surface area contributed by atoms with Crippen LogP contribution in [0.25, 0.3) is 21.8 Å². The highest BCUT2D eigenvalue weighted by Crippen LogP contribution is 2.26. The van der Waals surface area contributed by atoms with Gasteiger partial charge in [0.25, 0.3) is 0 Å². The Morgan fingerprint density at radius 2 is 1.07 bits per heavy atom. The Balaban J connectivity index is 1.20. The van der Waals surface area contributed by atoms with E-state index in [0.717, 1.165) is 36.3 Å². The first-order valence-corrected chi connectivity index (χ1v) is 46.3. The van der Waals surface area contributed by atoms with E-state index in [-0.39, 0.29) is 89.6 Å². The zero-order chi connectivity index (χ0) is 98.9. The van der Waals surface area contributed by atoms with Crippen LogP contribution in [0.5, 0.6) is 0 Å². The minimum absolute atomic E-state index is 0.00398. The molecule has 22 N–H and O–H groups in total. The highest BCUT2D eigenvalue weighted by Gasteiger charge is 2.44. The number of amides is 17. The topological polar surface area (TPSA) is 638 Å². The number of fused-ring (bicyclic) bond motifs is 3. The Kier molecular flexibility index (Phi) is 40.9. The number of H-pyrrole nitrogens is 3. The molecule has 17 amide bonds. The third-order valence-electron chi connectivity index (χ3n) is 23.6. The number of primary amides is 2. The molecule has 0 spiro atoms. The summed E-state index contributed by atoms with van der Waals surface area (Å²) < 4.78 is 0. The smallest absolute Gasteiger partial charge is 0.303 e. The van der Waals surface area contributed by atoms with E-state index in [9.17, 15) is 67.4 Å². The third-order valence-corrected chi connectivity index (χ3v) is 24.6. The summed E-state index contributed by atoms with van der Waals surface area (Å²) in [5.74, 6) is -18.8. The number of carbonyl (C=O) groups excluding carboxylic acids is 17. The average Bonchev–Trinajstić information content (AvgIpc) is 1.59. The molecule has 0 bridgehead atoms. The van der Waals surface area contributed by atoms with Crippen molar-refractivity contribution in [1.29, 1.82) is 5.41 Å². The van der Waals surface area contributed by atoms with Crippen molar-refractivity contribution >= 4 is 146 Å². The Labute approximate surface area is 785 Å². The Morgan fingerprint density at radius 3 is 1.67 bits per heavy atom. The number of nitrogens with one attached hydrogen (secondary N) is 15. The van der Waals surface area contributed by atoms with Crippen molar-refractivity contribution < 1.29 is 91.4 Å². The maximum absolute atomic E-state index is 15.8. The van der Waals surface area contributed by atoms with E-state index in [1.54, 1.807) is 105 Å². The first-order chi connectivity index (χ1) is 64.3. The van der Waals surface area contributed by atoms with Crippen molar-refractivity contribution in [3.63, 3.8) is 0 Å². The van der Waals surface area contributed by atoms with Gasteiger partial charge in [0.05, 0.1) is 31.6 Å². The molecule has 44 heteroatoms. The number of rotatable bonds is 28. The number of benzene rings is 3. The number of carbonyl (C=O) groups is 18. The van der Waals surface area contributed by atoms with Crippen LogP contribution in [0.2, 0.25) is 0 Å². The number of nitrogens with zero attached hydrogens (tertiary/aromatic N) is 6. The molecule has 0 radical (unpaired) electrons. The molecule has 5 heterocycles. The molecular formula is C91H128N24O19S. The van der Waals surface area contributed by atoms with Gasteiger partial charge >= 0.3 is 5.97 Å². The van der Waals surface area contributed by atoms with Crippen molar-refractivity contribution in [2.75, 3.05) is 65.9 Å². The normalized spacial score (nSPS) is 23.2. The lowest BCUT2D eigenvalue weighted by Crippen LogP contribution is -2.61. The maximum atomic E-state index is 15.8. The van der Waals surface area contributed by atoms with E-state index in [0.29, 0.717) is 69.9 Å². The minimum Gasteiger partial charge on any atom is -0.481 e. The second-order valence-electron chi connectivity index (χ2n) is 34.4. The number of aromatic amines is 3. The molecule has 0 saturated carbocycles. The summed E-state index contributed by atoms with van der Waals surface area (Å²) in [6.45, 7) is 6.90. The summed E-state index contributed by atoms with van der Waals surface area (Å²) in [6, 6.07) is 2.59. The summed E-state index contributed by atoms with van der Waals surface area (Å²) in [5, 5.41) is 48.5. The van der Waals surface area contributed by atoms with Gasteiger partial charge in [0, 0.05) is 125 Å². The van der Waals surface area contributed by atoms with Crippen LogP contribution in [-0.2, 0) is 112 Å². The lowest BCUT2D eigenvalue weighted by atomic mass is 9.99. The number of imidazole rings is 1. The summed E-state index contributed by atoms with van der Waals surface area (Å²) in [6.07, 6.45) is 4.35. The van der Waals surface area contributed by atoms with Crippen LogP contribution in [0.3, 0.4) is 0 Å². The first kappa shape index (κ1) is 106. The molecule has 2 aliphatic heterocycles. The lowest BCUT2D eigenvalue weighted by Gasteiger charge is -2.36. The second-order valence-corrected chi connectivity index (χ2v) is 35.4. The third kappa shape index (κ3) is 31.6. The lowest BCUT2D eigenvalue weighted by molar-refractivity contribution is -0.149. The van der Waals surface area contributed by atoms with Crippen LogP contribution in [0.1, 0.15) is 147 Å². The summed E-state index contributed by atoms with van der Waals surface area (Å²) in [5.41, 5.74) is 19.9. The van der Waals surface area contributed by atoms with Gasteiger partial charge in [-0.15, -0.1) is 11.8 Å². The highest BCUT2D eigenvalue weighted by molar-refractivity contribution is 8.00. The van der Waals surface area contributed by atoms with Crippen molar-refractivity contribution in [1.82, 2.24) is 103 Å². The van der Waals surface area contributed by atoms with Gasteiger partial charge in [-0.1, -0.05) is 120 Å². The molecule has 2 fully saturated rings. The summed E-state index contributed by atoms with van der Waals surface area (Å²) >= 11 is 0.787. The molecule has 135 heavy (non-hydrogen) atoms. The van der Waals surface area contributed by atoms with Crippen LogP contribution in [0.4, 0.5) is 0 Å². The van der Waals surface area contributed by atoms with Crippen molar-refractivity contribution in [2.45, 2.75) is 229 Å². The van der Waals surface area contributed by atoms with Gasteiger partial charge in [-0.05, 0) is 93.0 Å². The van der Waals surface area contributed by atoms with Crippen molar-refractivity contribution in [3.05, 3.63) is 126 Å². The number of thioether (sulfide) groups is 1. The molecule has 43 nitrogen and oxygen atoms in total. The molecular weight excluding hydrogens is 1770 g/mol. The highest BCUT2D eigenvalue weighted by atomic mass is 32.2. The predicted octanol–water partition coefficient (Wildman–Crippen LogP) is -1.27. The molecule has 3 aromatic carbocycles. The van der Waals surface area contributed by atoms with Crippen LogP contribution in [0, 0.1) is 11.3 Å². The SMILES string of the molecule is CCCC[C@H]1C(=O)N(C)[C@@H](CCCC)C(=O)N[C@@H](CCCNC(=N)N)C(=O)N[C@H](C(=O)NCC(N)=O)CSCC(=O)N[C@@H](Cc2ccccc2)C(=O)N(C)[C@@H](C)C(=O)N[C@@H](CC(N)=O)C(=O)N2CCC[C@H]2C(=O)N[C@@H](Cc2cnc[nH]2)C(=O)N[C@@H](CC(C)C)C(=O)N(C)CC(=O)N[C@@H](Cc2c[nH]c3ccccc23)C(=O)N[C@H](CCC(=O)O)C(=O)N[C@@H](Cc2c[nH]c3ccccc23)C(=O)N1C. The van der Waals surface area contributed by atoms with E-state index >= 15 is 24.0 Å². The number of para-hydroxylation sites is 2. The van der Waals surface area contributed by atoms with Crippen LogP contribution >= 0.6 is 11.8 Å². The van der Waals surface area contributed by atoms with Gasteiger partial charge in [-0.25, -0.2) is 4.98 Å². The maximum Gasteiger partial charge on any atom is 0.303 e. The number of unbranched alkanes of at least 4 members (excludes halogenated alkanes) is 2. The van der Waals surface area contributed by atoms with Gasteiger partial charge in [-0.2, -0.15) is 0 Å². The van der Waals surface area contributed by atoms with Gasteiger partial charge in [0.1, 0.15) is 78.5 Å². The molecule has 2 aliphatic rings. The quantitative estimate of drug-likeness (QED) is 0.0155. The van der Waals surface area contributed by atoms with E-state index < -0.39 is 235 Å². The number of nitrogens with two attached hydrogens (primary N) is 3. The van der Waals surface area contributed by atoms with Crippen molar-refractivity contribution in [3.8, 4) is 0 Å². The summed E-state index contributed by atoms with van der Waals surface area (Å²) in [7, 11) is 5.20. The van der Waals surface area contributed by atoms with Crippen LogP contribution in [0.15, 0.2) is 104 Å². The minimum atomic E-state index is -1.78. The standard InChI is InChI=1S/C91H128N24O19S/c1-10-12-30-70-84(128)105-61(29-21-35-97-91(94)95)80(124)110-69(79(123)100-46-74(93)117)48-135-49-76(119)103-66(38-53-23-15-14-16-24-53)87(131)112(7)52(5)78(122)107-68(42-73(92)116)89(133)115-36-22-32-71(115)85(129)106-64(41-56-45-96-50-101-56)83(127)108-65(37-51(3)4)86(130)111(6)47-75(118)102-63(39-54-43-98-59-27-19-17-25-57(54)59)82(126)104-62(33-34-77(120)121)81(125)109-67(40-55-44-99-60-28-20-18-26-58(55)60)88(132)114(9)72(31-13-11-2)90(134)113(70)8/h14-20,23-28,43-45,50-52,61-72,98-99H,10-13,21-22,29-42,46-49H2,1-9H3,(H2,92,116)(H2,93,117)(H,96,101)(H,100,123)(H,102,118)(H,103,119)(H,104,126)(H,105,128)(H,106,129)(H,107,122)(H,108,127)(H,109,125)(H,110,124)(H,120,121)(H4,94,95,97)/t52-,61-,62+,63-,64-,65-,66-,67-,68-,69-,70-,71-,72-/m0/s1. The predicted molar refractivity (Wildman–Crippen MR) is 499 cm³/mol. The Bertz CT molecular complexity index is 5190. The number of carboxylic acid groups (broad SMARTS) is 1. The molecule has 13 atom stereocenters. The van der Waals surface area contributed by atoms with E-state index in [2.05, 4.69) is 78.4 Å². The zero-order valence-electron chi connectivity index (χ0n) is 77.5. The summed E-state index contributed by atoms with van der Waals surface area (Å²) in [4.78, 5) is 281. The van der Waals surface area contributed by atoms with Gasteiger partial charge < -0.3 is 120 Å². The number of carboxylic acids is 1. The number of aliphatic carboxylic acids is 1. The number of likely N-dealkylation sites (N-methyl/N-ethyl adjacent to an activating group) is 4. The largest absolute Gasteiger partial charge is 0.481 e. The zero-order valence-corrected chi connectivity index (χ0v) is 78.3. The fourth-order valence-electron chi connectivity index (χ4n) is 16.1.